The highest BCUT2D eigenvalue weighted by molar-refractivity contribution is 7.29. The average Bonchev–Trinajstić information content (AvgIpc) is 3.20. The average molecular weight is 412 g/mol. The van der Waals surface area contributed by atoms with Crippen LogP contribution in [-0.2, 0) is 6.54 Å². The third-order valence-corrected chi connectivity index (χ3v) is 6.18. The fraction of sp³-hybridized carbons (Fsp3) is 0.353. The van der Waals surface area contributed by atoms with Gasteiger partial charge in [-0.2, -0.15) is 0 Å². The maximum absolute atomic E-state index is 13.7. The summed E-state index contributed by atoms with van der Waals surface area (Å²) in [6.45, 7) is 4.74. The quantitative estimate of drug-likeness (QED) is 0.642. The van der Waals surface area contributed by atoms with Crippen molar-refractivity contribution in [2.24, 2.45) is 0 Å². The van der Waals surface area contributed by atoms with Crippen LogP contribution in [0.15, 0.2) is 23.1 Å². The number of anilines is 2. The molecule has 3 rings (SSSR count). The molecule has 3 heterocycles. The first-order valence-corrected chi connectivity index (χ1v) is 10.0. The second-order valence-electron chi connectivity index (χ2n) is 5.67. The molecule has 0 aromatic carbocycles. The standard InChI is InChI=1S/C17H18F2N4O2S2/c1-3-22(4-2)17-21-15-13(27-17)8-12(26-15)14(24)20-10-7-11(19)16(25)23(9-10)6-5-18/h7-9H,3-6H2,1-2H3,(H,20,24). The molecule has 0 radical (unpaired) electrons. The van der Waals surface area contributed by atoms with Gasteiger partial charge in [-0.25, -0.2) is 13.8 Å². The summed E-state index contributed by atoms with van der Waals surface area (Å²) in [7, 11) is 0. The van der Waals surface area contributed by atoms with Crippen LogP contribution in [0, 0.1) is 5.82 Å². The number of nitrogens with one attached hydrogen (secondary N) is 1. The zero-order valence-electron chi connectivity index (χ0n) is 14.8. The number of aryl methyl sites for hydroxylation is 1. The SMILES string of the molecule is CCN(CC)c1nc2sc(C(=O)Nc3cc(F)c(=O)n(CCF)c3)cc2s1. The lowest BCUT2D eigenvalue weighted by Gasteiger charge is -2.16. The fourth-order valence-electron chi connectivity index (χ4n) is 2.58. The molecule has 6 nitrogen and oxygen atoms in total. The van der Waals surface area contributed by atoms with Crippen molar-refractivity contribution in [3.63, 3.8) is 0 Å². The molecule has 10 heteroatoms. The molecule has 0 aliphatic rings. The van der Waals surface area contributed by atoms with E-state index < -0.39 is 24.0 Å². The Kier molecular flexibility index (Phi) is 5.85. The summed E-state index contributed by atoms with van der Waals surface area (Å²) < 4.78 is 28.0. The second kappa shape index (κ2) is 8.13. The molecule has 0 atom stereocenters. The van der Waals surface area contributed by atoms with Crippen LogP contribution in [0.2, 0.25) is 0 Å². The molecule has 3 aromatic heterocycles. The van der Waals surface area contributed by atoms with E-state index in [4.69, 9.17) is 0 Å². The summed E-state index contributed by atoms with van der Waals surface area (Å²) in [6, 6.07) is 2.68. The predicted molar refractivity (Wildman–Crippen MR) is 106 cm³/mol. The Hall–Kier alpha value is -2.33. The predicted octanol–water partition coefficient (Wildman–Crippen LogP) is 3.73. The Morgan fingerprint density at radius 2 is 2.04 bits per heavy atom. The van der Waals surface area contributed by atoms with Gasteiger partial charge in [-0.3, -0.25) is 9.59 Å². The highest BCUT2D eigenvalue weighted by atomic mass is 32.1. The lowest BCUT2D eigenvalue weighted by molar-refractivity contribution is 0.103. The second-order valence-corrected chi connectivity index (χ2v) is 7.71. The summed E-state index contributed by atoms with van der Waals surface area (Å²) in [5.74, 6) is -1.47. The van der Waals surface area contributed by atoms with Crippen LogP contribution in [0.1, 0.15) is 23.5 Å². The molecular formula is C17H18F2N4O2S2. The van der Waals surface area contributed by atoms with Gasteiger partial charge in [0.1, 0.15) is 11.5 Å². The van der Waals surface area contributed by atoms with Gasteiger partial charge in [-0.15, -0.1) is 11.3 Å². The largest absolute Gasteiger partial charge is 0.349 e. The van der Waals surface area contributed by atoms with Crippen LogP contribution in [0.3, 0.4) is 0 Å². The molecule has 3 aromatic rings. The van der Waals surface area contributed by atoms with E-state index in [0.29, 0.717) is 4.88 Å². The van der Waals surface area contributed by atoms with Crippen molar-refractivity contribution in [2.75, 3.05) is 30.0 Å². The minimum absolute atomic E-state index is 0.0964. The maximum atomic E-state index is 13.7. The zero-order chi connectivity index (χ0) is 19.6. The molecule has 0 unspecified atom stereocenters. The first-order valence-electron chi connectivity index (χ1n) is 8.39. The van der Waals surface area contributed by atoms with E-state index in [9.17, 15) is 18.4 Å². The van der Waals surface area contributed by atoms with Gasteiger partial charge in [-0.05, 0) is 19.9 Å². The van der Waals surface area contributed by atoms with Crippen LogP contribution < -0.4 is 15.8 Å². The third kappa shape index (κ3) is 4.01. The Morgan fingerprint density at radius 3 is 2.67 bits per heavy atom. The van der Waals surface area contributed by atoms with Gasteiger partial charge in [0.2, 0.25) is 0 Å². The van der Waals surface area contributed by atoms with Gasteiger partial charge >= 0.3 is 0 Å². The Bertz CT molecular complexity index is 992. The molecule has 1 N–H and O–H groups in total. The number of pyridine rings is 1. The number of amides is 1. The topological polar surface area (TPSA) is 67.2 Å². The normalized spacial score (nSPS) is 11.1. The van der Waals surface area contributed by atoms with Crippen LogP contribution in [0.4, 0.5) is 19.6 Å². The Balaban J connectivity index is 1.82. The number of fused-ring (bicyclic) bond motifs is 1. The van der Waals surface area contributed by atoms with Gasteiger partial charge in [-0.1, -0.05) is 11.3 Å². The molecule has 0 fully saturated rings. The molecule has 27 heavy (non-hydrogen) atoms. The lowest BCUT2D eigenvalue weighted by atomic mass is 10.3. The number of carbonyl (C=O) groups excluding carboxylic acids is 1. The molecule has 0 bridgehead atoms. The number of rotatable bonds is 7. The van der Waals surface area contributed by atoms with E-state index in [1.54, 1.807) is 6.07 Å². The summed E-state index contributed by atoms with van der Waals surface area (Å²) >= 11 is 2.75. The number of aromatic nitrogens is 2. The van der Waals surface area contributed by atoms with E-state index in [0.717, 1.165) is 38.4 Å². The minimum atomic E-state index is -1.04. The number of hydrogen-bond donors (Lipinski definition) is 1. The number of thiazole rings is 1. The molecule has 0 aliphatic heterocycles. The number of nitrogens with zero attached hydrogens (tertiary/aromatic N) is 3. The third-order valence-electron chi connectivity index (χ3n) is 3.96. The number of halogens is 2. The van der Waals surface area contributed by atoms with Gasteiger partial charge in [0.15, 0.2) is 10.9 Å². The number of carbonyl (C=O) groups is 1. The van der Waals surface area contributed by atoms with E-state index in [2.05, 4.69) is 29.0 Å². The molecule has 144 valence electrons. The Labute approximate surface area is 162 Å². The summed E-state index contributed by atoms with van der Waals surface area (Å²) in [5.41, 5.74) is -0.825. The van der Waals surface area contributed by atoms with E-state index in [1.165, 1.54) is 28.9 Å². The van der Waals surface area contributed by atoms with Crippen molar-refractivity contribution in [3.05, 3.63) is 39.4 Å². The van der Waals surface area contributed by atoms with Crippen molar-refractivity contribution in [2.45, 2.75) is 20.4 Å². The fourth-order valence-corrected chi connectivity index (χ4v) is 4.82. The zero-order valence-corrected chi connectivity index (χ0v) is 16.4. The van der Waals surface area contributed by atoms with Crippen molar-refractivity contribution < 1.29 is 13.6 Å². The monoisotopic (exact) mass is 412 g/mol. The molecule has 0 spiro atoms. The summed E-state index contributed by atoms with van der Waals surface area (Å²) in [5, 5.41) is 3.46. The van der Waals surface area contributed by atoms with Gasteiger partial charge in [0.25, 0.3) is 11.5 Å². The maximum Gasteiger partial charge on any atom is 0.286 e. The van der Waals surface area contributed by atoms with Crippen molar-refractivity contribution in [1.29, 1.82) is 0 Å². The molecule has 0 aliphatic carbocycles. The van der Waals surface area contributed by atoms with Crippen molar-refractivity contribution in [3.8, 4) is 0 Å². The number of thiophene rings is 1. The smallest absolute Gasteiger partial charge is 0.286 e. The summed E-state index contributed by atoms with van der Waals surface area (Å²) in [6.07, 6.45) is 1.23. The molecular weight excluding hydrogens is 394 g/mol. The van der Waals surface area contributed by atoms with Crippen LogP contribution in [0.5, 0.6) is 0 Å². The van der Waals surface area contributed by atoms with Gasteiger partial charge in [0.05, 0.1) is 21.8 Å². The minimum Gasteiger partial charge on any atom is -0.349 e. The van der Waals surface area contributed by atoms with E-state index in [-0.39, 0.29) is 12.2 Å². The van der Waals surface area contributed by atoms with E-state index >= 15 is 0 Å². The summed E-state index contributed by atoms with van der Waals surface area (Å²) in [4.78, 5) is 31.9. The van der Waals surface area contributed by atoms with Crippen LogP contribution >= 0.6 is 22.7 Å². The number of alkyl halides is 1. The lowest BCUT2D eigenvalue weighted by Crippen LogP contribution is -2.24. The number of hydrogen-bond acceptors (Lipinski definition) is 6. The van der Waals surface area contributed by atoms with E-state index in [1.807, 2.05) is 0 Å². The molecule has 0 saturated carbocycles. The first-order chi connectivity index (χ1) is 13.0. The van der Waals surface area contributed by atoms with Crippen molar-refractivity contribution >= 4 is 48.9 Å². The first kappa shape index (κ1) is 19.4. The highest BCUT2D eigenvalue weighted by Gasteiger charge is 2.17. The van der Waals surface area contributed by atoms with Crippen molar-refractivity contribution in [1.82, 2.24) is 9.55 Å². The van der Waals surface area contributed by atoms with Gasteiger partial charge < -0.3 is 14.8 Å². The Morgan fingerprint density at radius 1 is 1.30 bits per heavy atom. The van der Waals surface area contributed by atoms with Crippen LogP contribution in [-0.4, -0.2) is 35.2 Å². The molecule has 0 saturated heterocycles. The van der Waals surface area contributed by atoms with Gasteiger partial charge in [0, 0.05) is 25.4 Å². The van der Waals surface area contributed by atoms with Crippen LogP contribution in [0.25, 0.3) is 9.53 Å². The molecule has 1 amide bonds. The highest BCUT2D eigenvalue weighted by Crippen LogP contribution is 2.34.